The summed E-state index contributed by atoms with van der Waals surface area (Å²) in [5, 5.41) is 0. The molecule has 10 heteroatoms. The number of carbonyl (C=O) groups is 1. The molecule has 0 spiro atoms. The summed E-state index contributed by atoms with van der Waals surface area (Å²) in [7, 11) is -0.639. The van der Waals surface area contributed by atoms with Crippen LogP contribution in [0.15, 0.2) is 23.1 Å². The van der Waals surface area contributed by atoms with Crippen molar-refractivity contribution >= 4 is 15.9 Å². The van der Waals surface area contributed by atoms with Gasteiger partial charge in [-0.3, -0.25) is 4.79 Å². The van der Waals surface area contributed by atoms with Crippen LogP contribution in [0.5, 0.6) is 11.5 Å². The van der Waals surface area contributed by atoms with E-state index < -0.39 is 10.0 Å². The molecule has 1 aromatic carbocycles. The number of rotatable bonds is 6. The number of ether oxygens (including phenoxy) is 3. The maximum absolute atomic E-state index is 13.0. The van der Waals surface area contributed by atoms with Gasteiger partial charge in [-0.2, -0.15) is 4.31 Å². The Morgan fingerprint density at radius 2 is 1.71 bits per heavy atom. The van der Waals surface area contributed by atoms with Crippen molar-refractivity contribution in [2.24, 2.45) is 0 Å². The van der Waals surface area contributed by atoms with E-state index in [0.29, 0.717) is 70.5 Å². The molecule has 2 fully saturated rings. The third-order valence-corrected chi connectivity index (χ3v) is 7.08. The van der Waals surface area contributed by atoms with Crippen molar-refractivity contribution in [3.63, 3.8) is 0 Å². The van der Waals surface area contributed by atoms with Crippen LogP contribution in [0.3, 0.4) is 0 Å². The summed E-state index contributed by atoms with van der Waals surface area (Å²) in [5.74, 6) is 0.968. The molecular formula is C18H28N3O6S+. The molecule has 0 unspecified atom stereocenters. The highest BCUT2D eigenvalue weighted by Gasteiger charge is 2.32. The van der Waals surface area contributed by atoms with Crippen LogP contribution < -0.4 is 14.4 Å². The monoisotopic (exact) mass is 414 g/mol. The first kappa shape index (κ1) is 20.8. The van der Waals surface area contributed by atoms with Gasteiger partial charge >= 0.3 is 0 Å². The van der Waals surface area contributed by atoms with Crippen molar-refractivity contribution in [2.75, 3.05) is 73.2 Å². The van der Waals surface area contributed by atoms with E-state index in [9.17, 15) is 13.2 Å². The summed E-state index contributed by atoms with van der Waals surface area (Å²) in [6.07, 6.45) is 0. The minimum atomic E-state index is -3.62. The Hall–Kier alpha value is -1.88. The van der Waals surface area contributed by atoms with Gasteiger partial charge in [-0.1, -0.05) is 0 Å². The van der Waals surface area contributed by atoms with Crippen molar-refractivity contribution < 1.29 is 32.3 Å². The second-order valence-electron chi connectivity index (χ2n) is 6.84. The predicted octanol–water partition coefficient (Wildman–Crippen LogP) is -1.55. The smallest absolute Gasteiger partial charge is 0.277 e. The summed E-state index contributed by atoms with van der Waals surface area (Å²) in [6, 6.07) is 4.60. The lowest BCUT2D eigenvalue weighted by Crippen LogP contribution is -3.15. The minimum absolute atomic E-state index is 0.106. The Balaban J connectivity index is 1.59. The van der Waals surface area contributed by atoms with E-state index in [2.05, 4.69) is 0 Å². The van der Waals surface area contributed by atoms with Gasteiger partial charge in [0.25, 0.3) is 5.91 Å². The van der Waals surface area contributed by atoms with Gasteiger partial charge in [-0.25, -0.2) is 8.42 Å². The molecule has 0 aromatic heterocycles. The van der Waals surface area contributed by atoms with Gasteiger partial charge in [0.1, 0.15) is 0 Å². The lowest BCUT2D eigenvalue weighted by Gasteiger charge is -2.33. The molecule has 0 aliphatic carbocycles. The lowest BCUT2D eigenvalue weighted by atomic mass is 10.3. The van der Waals surface area contributed by atoms with Crippen molar-refractivity contribution in [3.05, 3.63) is 18.2 Å². The van der Waals surface area contributed by atoms with Gasteiger partial charge < -0.3 is 24.0 Å². The Morgan fingerprint density at radius 3 is 2.32 bits per heavy atom. The van der Waals surface area contributed by atoms with E-state index >= 15 is 0 Å². The van der Waals surface area contributed by atoms with Gasteiger partial charge in [-0.15, -0.1) is 0 Å². The third kappa shape index (κ3) is 4.57. The molecule has 3 rings (SSSR count). The second kappa shape index (κ2) is 9.08. The van der Waals surface area contributed by atoms with E-state index in [-0.39, 0.29) is 10.8 Å². The summed E-state index contributed by atoms with van der Waals surface area (Å²) in [4.78, 5) is 15.5. The lowest BCUT2D eigenvalue weighted by molar-refractivity contribution is -0.896. The zero-order valence-corrected chi connectivity index (χ0v) is 17.2. The molecule has 28 heavy (non-hydrogen) atoms. The second-order valence-corrected chi connectivity index (χ2v) is 8.78. The molecule has 0 saturated carbocycles. The van der Waals surface area contributed by atoms with E-state index in [0.717, 1.165) is 4.90 Å². The standard InChI is InChI=1S/C18H27N3O6S/c1-25-16-4-3-15(13-17(16)26-2)28(23,24)21-7-5-19(6-8-21)14-18(22)20-9-11-27-12-10-20/h3-4,13H,5-12,14H2,1-2H3/p+1. The van der Waals surface area contributed by atoms with Gasteiger partial charge in [-0.05, 0) is 12.1 Å². The Morgan fingerprint density at radius 1 is 1.07 bits per heavy atom. The minimum Gasteiger partial charge on any atom is -0.493 e. The molecule has 0 bridgehead atoms. The first-order valence-corrected chi connectivity index (χ1v) is 10.8. The number of quaternary nitrogens is 1. The van der Waals surface area contributed by atoms with Crippen molar-refractivity contribution in [1.82, 2.24) is 9.21 Å². The number of sulfonamides is 1. The number of benzene rings is 1. The van der Waals surface area contributed by atoms with Gasteiger partial charge in [0.05, 0.1) is 58.5 Å². The maximum atomic E-state index is 13.0. The van der Waals surface area contributed by atoms with Crippen molar-refractivity contribution in [2.45, 2.75) is 4.90 Å². The van der Waals surface area contributed by atoms with Crippen LogP contribution in [0.2, 0.25) is 0 Å². The Labute approximate surface area is 165 Å². The van der Waals surface area contributed by atoms with Crippen molar-refractivity contribution in [3.8, 4) is 11.5 Å². The van der Waals surface area contributed by atoms with Gasteiger partial charge in [0.15, 0.2) is 18.0 Å². The Kier molecular flexibility index (Phi) is 6.76. The molecule has 2 saturated heterocycles. The SMILES string of the molecule is COc1ccc(S(=O)(=O)N2CC[NH+](CC(=O)N3CCOCC3)CC2)cc1OC. The number of nitrogens with one attached hydrogen (secondary N) is 1. The first-order chi connectivity index (χ1) is 13.5. The summed E-state index contributed by atoms with van der Waals surface area (Å²) in [6.45, 7) is 4.77. The van der Waals surface area contributed by atoms with Crippen LogP contribution in [0.25, 0.3) is 0 Å². The molecule has 1 N–H and O–H groups in total. The number of amides is 1. The highest BCUT2D eigenvalue weighted by molar-refractivity contribution is 7.89. The number of hydrogen-bond donors (Lipinski definition) is 1. The molecule has 2 aliphatic rings. The van der Waals surface area contributed by atoms with E-state index in [4.69, 9.17) is 14.2 Å². The van der Waals surface area contributed by atoms with E-state index in [1.807, 2.05) is 4.90 Å². The van der Waals surface area contributed by atoms with E-state index in [1.165, 1.54) is 30.7 Å². The molecule has 1 aromatic rings. The molecule has 2 heterocycles. The largest absolute Gasteiger partial charge is 0.493 e. The molecule has 1 amide bonds. The molecule has 156 valence electrons. The van der Waals surface area contributed by atoms with Crippen LogP contribution in [-0.4, -0.2) is 96.8 Å². The van der Waals surface area contributed by atoms with Gasteiger partial charge in [0.2, 0.25) is 10.0 Å². The zero-order chi connectivity index (χ0) is 20.1. The summed E-state index contributed by atoms with van der Waals surface area (Å²) in [5.41, 5.74) is 0. The molecule has 0 atom stereocenters. The average molecular weight is 415 g/mol. The number of carbonyl (C=O) groups excluding carboxylic acids is 1. The highest BCUT2D eigenvalue weighted by atomic mass is 32.2. The number of hydrogen-bond acceptors (Lipinski definition) is 6. The average Bonchev–Trinajstić information content (AvgIpc) is 2.74. The molecule has 2 aliphatic heterocycles. The van der Waals surface area contributed by atoms with Crippen LogP contribution in [-0.2, 0) is 19.6 Å². The van der Waals surface area contributed by atoms with Crippen LogP contribution >= 0.6 is 0 Å². The number of methoxy groups -OCH3 is 2. The van der Waals surface area contributed by atoms with E-state index in [1.54, 1.807) is 6.07 Å². The van der Waals surface area contributed by atoms with Crippen molar-refractivity contribution in [1.29, 1.82) is 0 Å². The van der Waals surface area contributed by atoms with Crippen LogP contribution in [0.1, 0.15) is 0 Å². The summed E-state index contributed by atoms with van der Waals surface area (Å²) < 4.78 is 43.1. The predicted molar refractivity (Wildman–Crippen MR) is 101 cm³/mol. The molecular weight excluding hydrogens is 386 g/mol. The number of morpholine rings is 1. The molecule has 9 nitrogen and oxygen atoms in total. The number of piperazine rings is 1. The maximum Gasteiger partial charge on any atom is 0.277 e. The quantitative estimate of drug-likeness (QED) is 0.606. The fourth-order valence-corrected chi connectivity index (χ4v) is 4.94. The topological polar surface area (TPSA) is 89.8 Å². The normalized spacial score (nSPS) is 19.4. The fourth-order valence-electron chi connectivity index (χ4n) is 3.48. The first-order valence-electron chi connectivity index (χ1n) is 9.37. The summed E-state index contributed by atoms with van der Waals surface area (Å²) >= 11 is 0. The zero-order valence-electron chi connectivity index (χ0n) is 16.3. The number of nitrogens with zero attached hydrogens (tertiary/aromatic N) is 2. The van der Waals surface area contributed by atoms with Crippen LogP contribution in [0.4, 0.5) is 0 Å². The van der Waals surface area contributed by atoms with Crippen LogP contribution in [0, 0.1) is 0 Å². The Bertz CT molecular complexity index is 787. The fraction of sp³-hybridized carbons (Fsp3) is 0.611. The third-order valence-electron chi connectivity index (χ3n) is 5.19. The molecule has 0 radical (unpaired) electrons. The highest BCUT2D eigenvalue weighted by Crippen LogP contribution is 2.30. The van der Waals surface area contributed by atoms with Gasteiger partial charge in [0, 0.05) is 19.2 Å².